The Balaban J connectivity index is 2.63. The highest BCUT2D eigenvalue weighted by Gasteiger charge is 2.08. The van der Waals surface area contributed by atoms with Gasteiger partial charge in [-0.1, -0.05) is 6.92 Å². The predicted octanol–water partition coefficient (Wildman–Crippen LogP) is 2.35. The van der Waals surface area contributed by atoms with Crippen LogP contribution in [0.2, 0.25) is 0 Å². The van der Waals surface area contributed by atoms with Gasteiger partial charge in [0, 0.05) is 23.7 Å². The van der Waals surface area contributed by atoms with E-state index in [0.717, 1.165) is 6.42 Å². The Labute approximate surface area is 122 Å². The van der Waals surface area contributed by atoms with E-state index >= 15 is 0 Å². The lowest BCUT2D eigenvalue weighted by molar-refractivity contribution is -0.121. The number of hydrogen-bond donors (Lipinski definition) is 4. The molecule has 1 rings (SSSR count). The van der Waals surface area contributed by atoms with Crippen LogP contribution in [0.1, 0.15) is 32.3 Å². The third-order valence-electron chi connectivity index (χ3n) is 2.53. The number of nitrogens with two attached hydrogens (primary N) is 1. The molecule has 110 valence electrons. The molecular formula is C14H20N2O3S. The van der Waals surface area contributed by atoms with Gasteiger partial charge in [-0.05, 0) is 30.9 Å². The number of carbonyl (C=O) groups is 1. The van der Waals surface area contributed by atoms with Crippen molar-refractivity contribution < 1.29 is 15.0 Å². The maximum Gasteiger partial charge on any atom is 0.220 e. The van der Waals surface area contributed by atoms with Crippen LogP contribution in [0.25, 0.3) is 5.70 Å². The van der Waals surface area contributed by atoms with E-state index in [4.69, 9.17) is 5.73 Å². The van der Waals surface area contributed by atoms with E-state index in [1.165, 1.54) is 30.0 Å². The molecule has 1 atom stereocenters. The molecule has 0 aromatic heterocycles. The van der Waals surface area contributed by atoms with Crippen molar-refractivity contribution in [1.82, 2.24) is 5.32 Å². The van der Waals surface area contributed by atoms with Crippen LogP contribution in [0, 0.1) is 0 Å². The summed E-state index contributed by atoms with van der Waals surface area (Å²) in [6, 6.07) is 4.22. The quantitative estimate of drug-likeness (QED) is 0.604. The summed E-state index contributed by atoms with van der Waals surface area (Å²) in [4.78, 5) is 11.4. The van der Waals surface area contributed by atoms with Crippen LogP contribution in [0.5, 0.6) is 11.5 Å². The van der Waals surface area contributed by atoms with E-state index in [2.05, 4.69) is 5.32 Å². The summed E-state index contributed by atoms with van der Waals surface area (Å²) in [6.45, 7) is 3.81. The number of rotatable bonds is 6. The van der Waals surface area contributed by atoms with Crippen LogP contribution < -0.4 is 11.1 Å². The standard InChI is InChI=1S/C14H20N2O3S/c1-3-4-14(19)16-9(2)20-8-12(15)11-6-5-10(17)7-13(11)18/h5-9,17-18H,3-4,15H2,1-2H3,(H,16,19)/b12-8-. The van der Waals surface area contributed by atoms with E-state index < -0.39 is 0 Å². The number of carbonyl (C=O) groups excluding carboxylic acids is 1. The Morgan fingerprint density at radius 2 is 2.20 bits per heavy atom. The lowest BCUT2D eigenvalue weighted by atomic mass is 10.1. The highest BCUT2D eigenvalue weighted by Crippen LogP contribution is 2.27. The smallest absolute Gasteiger partial charge is 0.220 e. The molecule has 0 heterocycles. The molecule has 6 heteroatoms. The molecule has 1 aromatic rings. The molecule has 5 N–H and O–H groups in total. The van der Waals surface area contributed by atoms with E-state index in [1.54, 1.807) is 5.41 Å². The molecule has 1 unspecified atom stereocenters. The number of benzene rings is 1. The fourth-order valence-electron chi connectivity index (χ4n) is 1.56. The maximum absolute atomic E-state index is 11.4. The average Bonchev–Trinajstić information content (AvgIpc) is 2.36. The topological polar surface area (TPSA) is 95.6 Å². The van der Waals surface area contributed by atoms with Gasteiger partial charge < -0.3 is 21.3 Å². The molecule has 5 nitrogen and oxygen atoms in total. The molecule has 0 aliphatic carbocycles. The van der Waals surface area contributed by atoms with Gasteiger partial charge in [-0.25, -0.2) is 0 Å². The summed E-state index contributed by atoms with van der Waals surface area (Å²) in [6.07, 6.45) is 1.31. The van der Waals surface area contributed by atoms with Gasteiger partial charge in [0.25, 0.3) is 0 Å². The van der Waals surface area contributed by atoms with Gasteiger partial charge in [0.15, 0.2) is 0 Å². The second kappa shape index (κ2) is 7.69. The minimum atomic E-state index is -0.105. The minimum absolute atomic E-state index is 0.00644. The minimum Gasteiger partial charge on any atom is -0.508 e. The van der Waals surface area contributed by atoms with E-state index in [1.807, 2.05) is 13.8 Å². The zero-order valence-electron chi connectivity index (χ0n) is 11.6. The van der Waals surface area contributed by atoms with Crippen LogP contribution in [0.15, 0.2) is 23.6 Å². The highest BCUT2D eigenvalue weighted by atomic mass is 32.2. The lowest BCUT2D eigenvalue weighted by Gasteiger charge is -2.12. The van der Waals surface area contributed by atoms with E-state index in [9.17, 15) is 15.0 Å². The first-order valence-electron chi connectivity index (χ1n) is 6.36. The highest BCUT2D eigenvalue weighted by molar-refractivity contribution is 8.02. The van der Waals surface area contributed by atoms with Gasteiger partial charge in [-0.15, -0.1) is 11.8 Å². The molecule has 0 saturated heterocycles. The molecule has 0 spiro atoms. The Bertz CT molecular complexity index is 503. The fourth-order valence-corrected chi connectivity index (χ4v) is 2.24. The Kier molecular flexibility index (Phi) is 6.24. The zero-order chi connectivity index (χ0) is 15.1. The summed E-state index contributed by atoms with van der Waals surface area (Å²) in [7, 11) is 0. The SMILES string of the molecule is CCCC(=O)NC(C)S/C=C(\N)c1ccc(O)cc1O. The molecule has 0 saturated carbocycles. The second-order valence-corrected chi connectivity index (χ2v) is 5.59. The summed E-state index contributed by atoms with van der Waals surface area (Å²) in [5.41, 5.74) is 6.70. The molecule has 20 heavy (non-hydrogen) atoms. The molecule has 0 radical (unpaired) electrons. The lowest BCUT2D eigenvalue weighted by Crippen LogP contribution is -2.29. The van der Waals surface area contributed by atoms with E-state index in [0.29, 0.717) is 17.7 Å². The molecule has 0 fully saturated rings. The number of thioether (sulfide) groups is 1. The zero-order valence-corrected chi connectivity index (χ0v) is 12.4. The van der Waals surface area contributed by atoms with Gasteiger partial charge in [0.05, 0.1) is 5.37 Å². The average molecular weight is 296 g/mol. The molecule has 0 bridgehead atoms. The molecular weight excluding hydrogens is 276 g/mol. The normalized spacial score (nSPS) is 13.0. The van der Waals surface area contributed by atoms with Gasteiger partial charge in [0.2, 0.25) is 5.91 Å². The van der Waals surface area contributed by atoms with Crippen molar-refractivity contribution in [2.45, 2.75) is 32.1 Å². The third-order valence-corrected chi connectivity index (χ3v) is 3.45. The Hall–Kier alpha value is -1.82. The number of hydrogen-bond acceptors (Lipinski definition) is 5. The van der Waals surface area contributed by atoms with Crippen molar-refractivity contribution in [3.8, 4) is 11.5 Å². The number of aromatic hydroxyl groups is 2. The first-order chi connectivity index (χ1) is 9.43. The van der Waals surface area contributed by atoms with Gasteiger partial charge >= 0.3 is 0 Å². The summed E-state index contributed by atoms with van der Waals surface area (Å²) >= 11 is 1.35. The second-order valence-electron chi connectivity index (χ2n) is 4.37. The number of phenols is 2. The van der Waals surface area contributed by atoms with Crippen LogP contribution in [0.3, 0.4) is 0 Å². The Morgan fingerprint density at radius 3 is 2.80 bits per heavy atom. The summed E-state index contributed by atoms with van der Waals surface area (Å²) < 4.78 is 0. The van der Waals surface area contributed by atoms with Crippen molar-refractivity contribution in [2.24, 2.45) is 5.73 Å². The van der Waals surface area contributed by atoms with Gasteiger partial charge in [-0.2, -0.15) is 0 Å². The monoisotopic (exact) mass is 296 g/mol. The predicted molar refractivity (Wildman–Crippen MR) is 82.0 cm³/mol. The molecule has 1 amide bonds. The van der Waals surface area contributed by atoms with Crippen molar-refractivity contribution in [1.29, 1.82) is 0 Å². The summed E-state index contributed by atoms with van der Waals surface area (Å²) in [5, 5.41) is 23.3. The first kappa shape index (κ1) is 16.2. The van der Waals surface area contributed by atoms with Crippen LogP contribution in [-0.2, 0) is 4.79 Å². The third kappa shape index (κ3) is 5.05. The fraction of sp³-hybridized carbons (Fsp3) is 0.357. The van der Waals surface area contributed by atoms with Gasteiger partial charge in [0.1, 0.15) is 11.5 Å². The van der Waals surface area contributed by atoms with Crippen molar-refractivity contribution in [3.05, 3.63) is 29.2 Å². The maximum atomic E-state index is 11.4. The molecule has 0 aliphatic heterocycles. The van der Waals surface area contributed by atoms with Crippen LogP contribution >= 0.6 is 11.8 Å². The van der Waals surface area contributed by atoms with Crippen molar-refractivity contribution in [2.75, 3.05) is 0 Å². The van der Waals surface area contributed by atoms with Crippen molar-refractivity contribution in [3.63, 3.8) is 0 Å². The summed E-state index contributed by atoms with van der Waals surface area (Å²) in [5.74, 6) is -0.0964. The van der Waals surface area contributed by atoms with Crippen molar-refractivity contribution >= 4 is 23.4 Å². The molecule has 0 aliphatic rings. The number of amides is 1. The van der Waals surface area contributed by atoms with E-state index in [-0.39, 0.29) is 22.8 Å². The number of nitrogens with one attached hydrogen (secondary N) is 1. The van der Waals surface area contributed by atoms with Gasteiger partial charge in [-0.3, -0.25) is 4.79 Å². The first-order valence-corrected chi connectivity index (χ1v) is 7.31. The number of phenolic OH excluding ortho intramolecular Hbond substituents is 2. The van der Waals surface area contributed by atoms with Crippen LogP contribution in [-0.4, -0.2) is 21.5 Å². The van der Waals surface area contributed by atoms with Crippen LogP contribution in [0.4, 0.5) is 0 Å². The molecule has 1 aromatic carbocycles. The Morgan fingerprint density at radius 1 is 1.50 bits per heavy atom. The largest absolute Gasteiger partial charge is 0.508 e.